The number of Topliss-reactive ketones (excluding diaryl/α,β-unsaturated/α-hetero) is 1. The van der Waals surface area contributed by atoms with Crippen LogP contribution in [0.2, 0.25) is 0 Å². The van der Waals surface area contributed by atoms with E-state index in [-0.39, 0.29) is 11.3 Å². The maximum absolute atomic E-state index is 12.8. The molecule has 0 aliphatic carbocycles. The second kappa shape index (κ2) is 7.55. The number of nitrogens with zero attached hydrogens (tertiary/aromatic N) is 2. The van der Waals surface area contributed by atoms with E-state index in [1.165, 1.54) is 0 Å². The number of esters is 1. The van der Waals surface area contributed by atoms with Crippen LogP contribution in [-0.4, -0.2) is 27.4 Å². The summed E-state index contributed by atoms with van der Waals surface area (Å²) in [5.74, 6) is -0.0826. The largest absolute Gasteiger partial charge is 0.450 e. The Morgan fingerprint density at radius 3 is 2.69 bits per heavy atom. The van der Waals surface area contributed by atoms with Gasteiger partial charge in [-0.05, 0) is 37.8 Å². The number of rotatable bonds is 5. The van der Waals surface area contributed by atoms with E-state index in [0.29, 0.717) is 32.8 Å². The number of hydrogen-bond donors (Lipinski definition) is 0. The topological polar surface area (TPSA) is 78.3 Å². The van der Waals surface area contributed by atoms with Gasteiger partial charge in [-0.3, -0.25) is 14.2 Å². The Balaban J connectivity index is 1.58. The van der Waals surface area contributed by atoms with Crippen molar-refractivity contribution in [1.82, 2.24) is 9.55 Å². The first kappa shape index (κ1) is 19.5. The van der Waals surface area contributed by atoms with Crippen LogP contribution in [0.1, 0.15) is 57.2 Å². The molecule has 0 unspecified atom stereocenters. The monoisotopic (exact) mass is 410 g/mol. The molecule has 1 aliphatic rings. The molecule has 3 aromatic rings. The van der Waals surface area contributed by atoms with Gasteiger partial charge in [-0.25, -0.2) is 9.78 Å². The van der Waals surface area contributed by atoms with E-state index in [0.717, 1.165) is 42.0 Å². The van der Waals surface area contributed by atoms with Gasteiger partial charge in [0.2, 0.25) is 5.78 Å². The van der Waals surface area contributed by atoms with Crippen LogP contribution < -0.4 is 5.56 Å². The lowest BCUT2D eigenvalue weighted by Crippen LogP contribution is -2.24. The van der Waals surface area contributed by atoms with Gasteiger partial charge in [0.25, 0.3) is 5.56 Å². The Morgan fingerprint density at radius 2 is 2.00 bits per heavy atom. The van der Waals surface area contributed by atoms with Crippen molar-refractivity contribution in [3.8, 4) is 0 Å². The van der Waals surface area contributed by atoms with Gasteiger partial charge in [0, 0.05) is 18.5 Å². The molecule has 29 heavy (non-hydrogen) atoms. The summed E-state index contributed by atoms with van der Waals surface area (Å²) >= 11 is 1.16. The van der Waals surface area contributed by atoms with E-state index in [9.17, 15) is 14.4 Å². The third kappa shape index (κ3) is 3.40. The first-order chi connectivity index (χ1) is 13.9. The predicted molar refractivity (Wildman–Crippen MR) is 112 cm³/mol. The Morgan fingerprint density at radius 1 is 1.28 bits per heavy atom. The van der Waals surface area contributed by atoms with Crippen LogP contribution in [0.25, 0.3) is 10.2 Å². The molecule has 1 atom stereocenters. The van der Waals surface area contributed by atoms with Gasteiger partial charge in [-0.2, -0.15) is 0 Å². The summed E-state index contributed by atoms with van der Waals surface area (Å²) in [4.78, 5) is 43.6. The second-order valence-corrected chi connectivity index (χ2v) is 8.29. The summed E-state index contributed by atoms with van der Waals surface area (Å²) in [6.45, 7) is 6.01. The molecule has 0 bridgehead atoms. The number of ether oxygens (including phenoxy) is 1. The van der Waals surface area contributed by atoms with Crippen LogP contribution in [0.3, 0.4) is 0 Å². The molecule has 6 nitrogen and oxygen atoms in total. The summed E-state index contributed by atoms with van der Waals surface area (Å²) in [6, 6.07) is 7.30. The molecule has 1 aliphatic heterocycles. The van der Waals surface area contributed by atoms with Crippen LogP contribution in [0, 0.1) is 6.92 Å². The van der Waals surface area contributed by atoms with Crippen molar-refractivity contribution in [3.63, 3.8) is 0 Å². The summed E-state index contributed by atoms with van der Waals surface area (Å²) in [7, 11) is 0. The molecular weight excluding hydrogens is 388 g/mol. The fraction of sp³-hybridized carbons (Fsp3) is 0.364. The number of benzene rings is 1. The highest BCUT2D eigenvalue weighted by molar-refractivity contribution is 7.20. The molecule has 0 N–H and O–H groups in total. The number of ketones is 1. The Hall–Kier alpha value is -2.80. The van der Waals surface area contributed by atoms with Crippen molar-refractivity contribution in [2.24, 2.45) is 0 Å². The minimum Gasteiger partial charge on any atom is -0.450 e. The minimum atomic E-state index is -0.918. The highest BCUT2D eigenvalue weighted by atomic mass is 32.1. The smallest absolute Gasteiger partial charge is 0.349 e. The molecule has 0 fully saturated rings. The SMILES string of the molecule is CCc1ccc(C(=O)[C@H](C)OC(=O)c2sc3nc4n(c(=O)c3c2C)CCC4)cc1. The minimum absolute atomic E-state index is 0.101. The van der Waals surface area contributed by atoms with Crippen molar-refractivity contribution in [1.29, 1.82) is 0 Å². The van der Waals surface area contributed by atoms with Crippen molar-refractivity contribution >= 4 is 33.3 Å². The third-order valence-corrected chi connectivity index (χ3v) is 6.56. The van der Waals surface area contributed by atoms with Crippen LogP contribution in [0.15, 0.2) is 29.1 Å². The fourth-order valence-corrected chi connectivity index (χ4v) is 4.75. The number of hydrogen-bond acceptors (Lipinski definition) is 6. The van der Waals surface area contributed by atoms with Gasteiger partial charge >= 0.3 is 5.97 Å². The van der Waals surface area contributed by atoms with Crippen molar-refractivity contribution in [2.75, 3.05) is 0 Å². The molecule has 0 spiro atoms. The predicted octanol–water partition coefficient (Wildman–Crippen LogP) is 3.70. The first-order valence-electron chi connectivity index (χ1n) is 9.77. The molecule has 2 aromatic heterocycles. The van der Waals surface area contributed by atoms with Crippen molar-refractivity contribution < 1.29 is 14.3 Å². The van der Waals surface area contributed by atoms with Crippen molar-refractivity contribution in [3.05, 3.63) is 62.0 Å². The summed E-state index contributed by atoms with van der Waals surface area (Å²) in [5.41, 5.74) is 2.11. The number of aryl methyl sites for hydroxylation is 3. The second-order valence-electron chi connectivity index (χ2n) is 7.29. The number of carbonyl (C=O) groups is 2. The average Bonchev–Trinajstić information content (AvgIpc) is 3.32. The van der Waals surface area contributed by atoms with Gasteiger partial charge in [0.05, 0.1) is 5.39 Å². The Bertz CT molecular complexity index is 1170. The Kier molecular flexibility index (Phi) is 5.08. The Labute approximate surface area is 172 Å². The number of aromatic nitrogens is 2. The molecule has 7 heteroatoms. The molecule has 3 heterocycles. The highest BCUT2D eigenvalue weighted by Crippen LogP contribution is 2.29. The molecule has 0 amide bonds. The van der Waals surface area contributed by atoms with Crippen molar-refractivity contribution in [2.45, 2.75) is 52.7 Å². The average molecular weight is 410 g/mol. The normalized spacial score (nSPS) is 14.0. The molecule has 0 radical (unpaired) electrons. The van der Waals surface area contributed by atoms with Gasteiger partial charge in [0.15, 0.2) is 6.10 Å². The molecule has 0 saturated heterocycles. The lowest BCUT2D eigenvalue weighted by molar-refractivity contribution is 0.0323. The zero-order chi connectivity index (χ0) is 20.7. The molecule has 1 aromatic carbocycles. The maximum atomic E-state index is 12.8. The van der Waals surface area contributed by atoms with Crippen LogP contribution in [-0.2, 0) is 24.1 Å². The number of carbonyl (C=O) groups excluding carboxylic acids is 2. The van der Waals surface area contributed by atoms with Gasteiger partial charge in [0.1, 0.15) is 15.5 Å². The highest BCUT2D eigenvalue weighted by Gasteiger charge is 2.26. The van der Waals surface area contributed by atoms with Gasteiger partial charge in [-0.1, -0.05) is 31.2 Å². The molecule has 4 rings (SSSR count). The van der Waals surface area contributed by atoms with E-state index in [1.54, 1.807) is 30.5 Å². The fourth-order valence-electron chi connectivity index (χ4n) is 3.68. The first-order valence-corrected chi connectivity index (χ1v) is 10.6. The van der Waals surface area contributed by atoms with Crippen LogP contribution >= 0.6 is 11.3 Å². The van der Waals surface area contributed by atoms with E-state index < -0.39 is 12.1 Å². The van der Waals surface area contributed by atoms with Crippen LogP contribution in [0.4, 0.5) is 0 Å². The molecular formula is C22H22N2O4S. The van der Waals surface area contributed by atoms with Crippen LogP contribution in [0.5, 0.6) is 0 Å². The lowest BCUT2D eigenvalue weighted by Gasteiger charge is -2.12. The zero-order valence-corrected chi connectivity index (χ0v) is 17.5. The van der Waals surface area contributed by atoms with E-state index in [4.69, 9.17) is 4.74 Å². The standard InChI is InChI=1S/C22H22N2O4S/c1-4-14-7-9-15(10-8-14)18(25)13(3)28-22(27)19-12(2)17-20(29-19)23-16-6-5-11-24(16)21(17)26/h7-10,13H,4-6,11H2,1-3H3/t13-/m0/s1. The molecule has 150 valence electrons. The number of fused-ring (bicyclic) bond motifs is 2. The third-order valence-electron chi connectivity index (χ3n) is 5.40. The van der Waals surface area contributed by atoms with E-state index >= 15 is 0 Å². The van der Waals surface area contributed by atoms with E-state index in [2.05, 4.69) is 4.98 Å². The maximum Gasteiger partial charge on any atom is 0.349 e. The number of thiophene rings is 1. The van der Waals surface area contributed by atoms with Gasteiger partial charge < -0.3 is 4.74 Å². The summed E-state index contributed by atoms with van der Waals surface area (Å²) < 4.78 is 7.13. The van der Waals surface area contributed by atoms with Gasteiger partial charge in [-0.15, -0.1) is 11.3 Å². The zero-order valence-electron chi connectivity index (χ0n) is 16.7. The van der Waals surface area contributed by atoms with E-state index in [1.807, 2.05) is 19.1 Å². The quantitative estimate of drug-likeness (QED) is 0.473. The summed E-state index contributed by atoms with van der Waals surface area (Å²) in [6.07, 6.45) is 1.65. The lowest BCUT2D eigenvalue weighted by atomic mass is 10.0. The summed E-state index contributed by atoms with van der Waals surface area (Å²) in [5, 5.41) is 0.474. The molecule has 0 saturated carbocycles.